The lowest BCUT2D eigenvalue weighted by molar-refractivity contribution is 0.118. The Bertz CT molecular complexity index is 252. The van der Waals surface area contributed by atoms with Gasteiger partial charge in [0, 0.05) is 13.2 Å². The summed E-state index contributed by atoms with van der Waals surface area (Å²) in [6.45, 7) is 5.72. The number of hydrogen-bond acceptors (Lipinski definition) is 3. The Morgan fingerprint density at radius 2 is 1.88 bits per heavy atom. The van der Waals surface area contributed by atoms with Crippen molar-refractivity contribution < 1.29 is 13.2 Å². The molecule has 0 spiro atoms. The smallest absolute Gasteiger partial charge is 0.209 e. The summed E-state index contributed by atoms with van der Waals surface area (Å²) in [5, 5.41) is 4.93. The zero-order valence-electron chi connectivity index (χ0n) is 10.4. The molecule has 0 bridgehead atoms. The van der Waals surface area contributed by atoms with Crippen LogP contribution in [0.4, 0.5) is 0 Å². The summed E-state index contributed by atoms with van der Waals surface area (Å²) in [5.41, 5.74) is 0. The van der Waals surface area contributed by atoms with Gasteiger partial charge in [0.1, 0.15) is 0 Å². The molecule has 0 aromatic rings. The van der Waals surface area contributed by atoms with Crippen LogP contribution >= 0.6 is 0 Å². The van der Waals surface area contributed by atoms with Gasteiger partial charge < -0.3 is 4.74 Å². The number of ether oxygens (including phenoxy) is 1. The molecule has 0 saturated heterocycles. The van der Waals surface area contributed by atoms with E-state index in [0.29, 0.717) is 12.3 Å². The molecular formula is C11H25NO3S. The SMILES string of the molecule is CCCCCOCCC(C)CCS(N)(=O)=O. The van der Waals surface area contributed by atoms with Crippen LogP contribution in [0.5, 0.6) is 0 Å². The van der Waals surface area contributed by atoms with Crippen molar-refractivity contribution in [3.05, 3.63) is 0 Å². The maximum absolute atomic E-state index is 10.7. The molecule has 16 heavy (non-hydrogen) atoms. The van der Waals surface area contributed by atoms with Crippen molar-refractivity contribution in [1.82, 2.24) is 0 Å². The molecule has 0 saturated carbocycles. The molecule has 1 atom stereocenters. The first kappa shape index (κ1) is 15.9. The first-order chi connectivity index (χ1) is 7.45. The Hall–Kier alpha value is -0.130. The van der Waals surface area contributed by atoms with E-state index in [1.807, 2.05) is 6.92 Å². The Labute approximate surface area is 99.6 Å². The summed E-state index contributed by atoms with van der Waals surface area (Å²) in [6, 6.07) is 0. The molecule has 0 aliphatic heterocycles. The molecule has 98 valence electrons. The second kappa shape index (κ2) is 8.96. The van der Waals surface area contributed by atoms with E-state index in [4.69, 9.17) is 9.88 Å². The average Bonchev–Trinajstić information content (AvgIpc) is 2.19. The highest BCUT2D eigenvalue weighted by Crippen LogP contribution is 2.08. The van der Waals surface area contributed by atoms with Gasteiger partial charge in [-0.15, -0.1) is 0 Å². The molecule has 4 nitrogen and oxygen atoms in total. The quantitative estimate of drug-likeness (QED) is 0.603. The largest absolute Gasteiger partial charge is 0.381 e. The Balaban J connectivity index is 3.34. The van der Waals surface area contributed by atoms with Crippen LogP contribution in [0.2, 0.25) is 0 Å². The molecule has 1 unspecified atom stereocenters. The fourth-order valence-electron chi connectivity index (χ4n) is 1.35. The van der Waals surface area contributed by atoms with Gasteiger partial charge in [0.2, 0.25) is 10.0 Å². The molecule has 0 aliphatic rings. The molecule has 0 aromatic heterocycles. The van der Waals surface area contributed by atoms with Crippen molar-refractivity contribution in [3.63, 3.8) is 0 Å². The van der Waals surface area contributed by atoms with Crippen LogP contribution in [0.3, 0.4) is 0 Å². The summed E-state index contributed by atoms with van der Waals surface area (Å²) < 4.78 is 26.9. The first-order valence-electron chi connectivity index (χ1n) is 6.04. The molecule has 0 rings (SSSR count). The minimum atomic E-state index is -3.30. The van der Waals surface area contributed by atoms with Crippen molar-refractivity contribution in [1.29, 1.82) is 0 Å². The number of nitrogens with two attached hydrogens (primary N) is 1. The number of hydrogen-bond donors (Lipinski definition) is 1. The predicted octanol–water partition coefficient (Wildman–Crippen LogP) is 1.90. The number of unbranched alkanes of at least 4 members (excludes halogenated alkanes) is 2. The third-order valence-electron chi connectivity index (χ3n) is 2.54. The minimum absolute atomic E-state index is 0.0734. The Kier molecular flexibility index (Phi) is 8.89. The van der Waals surface area contributed by atoms with Crippen LogP contribution < -0.4 is 5.14 Å². The van der Waals surface area contributed by atoms with Crippen molar-refractivity contribution in [3.8, 4) is 0 Å². The molecule has 0 heterocycles. The first-order valence-corrected chi connectivity index (χ1v) is 7.75. The molecule has 0 fully saturated rings. The highest BCUT2D eigenvalue weighted by Gasteiger charge is 2.07. The number of rotatable bonds is 10. The normalized spacial score (nSPS) is 13.9. The van der Waals surface area contributed by atoms with Gasteiger partial charge >= 0.3 is 0 Å². The Morgan fingerprint density at radius 3 is 2.44 bits per heavy atom. The van der Waals surface area contributed by atoms with Crippen molar-refractivity contribution in [2.75, 3.05) is 19.0 Å². The topological polar surface area (TPSA) is 69.4 Å². The molecule has 5 heteroatoms. The summed E-state index contributed by atoms with van der Waals surface area (Å²) in [4.78, 5) is 0. The van der Waals surface area contributed by atoms with E-state index in [9.17, 15) is 8.42 Å². The molecule has 0 aromatic carbocycles. The van der Waals surface area contributed by atoms with Crippen LogP contribution in [0, 0.1) is 5.92 Å². The summed E-state index contributed by atoms with van der Waals surface area (Å²) in [5.74, 6) is 0.425. The van der Waals surface area contributed by atoms with E-state index in [-0.39, 0.29) is 5.75 Å². The maximum Gasteiger partial charge on any atom is 0.209 e. The molecular weight excluding hydrogens is 226 g/mol. The van der Waals surface area contributed by atoms with Gasteiger partial charge in [-0.3, -0.25) is 0 Å². The van der Waals surface area contributed by atoms with Crippen LogP contribution in [0.1, 0.15) is 46.0 Å². The fourth-order valence-corrected chi connectivity index (χ4v) is 2.08. The lowest BCUT2D eigenvalue weighted by Crippen LogP contribution is -2.18. The van der Waals surface area contributed by atoms with Crippen LogP contribution in [-0.2, 0) is 14.8 Å². The summed E-state index contributed by atoms with van der Waals surface area (Å²) >= 11 is 0. The maximum atomic E-state index is 10.7. The molecule has 0 radical (unpaired) electrons. The lowest BCUT2D eigenvalue weighted by Gasteiger charge is -2.10. The van der Waals surface area contributed by atoms with Crippen LogP contribution in [-0.4, -0.2) is 27.4 Å². The second-order valence-electron chi connectivity index (χ2n) is 4.37. The van der Waals surface area contributed by atoms with Crippen molar-refractivity contribution >= 4 is 10.0 Å². The van der Waals surface area contributed by atoms with Crippen LogP contribution in [0.25, 0.3) is 0 Å². The van der Waals surface area contributed by atoms with Crippen LogP contribution in [0.15, 0.2) is 0 Å². The van der Waals surface area contributed by atoms with E-state index in [1.54, 1.807) is 0 Å². The third kappa shape index (κ3) is 11.9. The van der Waals surface area contributed by atoms with E-state index in [0.717, 1.165) is 26.1 Å². The lowest BCUT2D eigenvalue weighted by atomic mass is 10.1. The minimum Gasteiger partial charge on any atom is -0.381 e. The number of primary sulfonamides is 1. The van der Waals surface area contributed by atoms with Gasteiger partial charge in [-0.1, -0.05) is 26.7 Å². The van der Waals surface area contributed by atoms with Crippen molar-refractivity contribution in [2.24, 2.45) is 11.1 Å². The zero-order chi connectivity index (χ0) is 12.4. The van der Waals surface area contributed by atoms with Gasteiger partial charge in [-0.25, -0.2) is 13.6 Å². The molecule has 2 N–H and O–H groups in total. The van der Waals surface area contributed by atoms with Gasteiger partial charge in [0.05, 0.1) is 5.75 Å². The number of sulfonamides is 1. The van der Waals surface area contributed by atoms with E-state index in [2.05, 4.69) is 6.92 Å². The predicted molar refractivity (Wildman–Crippen MR) is 66.7 cm³/mol. The third-order valence-corrected chi connectivity index (χ3v) is 3.35. The van der Waals surface area contributed by atoms with Gasteiger partial charge in [0.15, 0.2) is 0 Å². The fraction of sp³-hybridized carbons (Fsp3) is 1.00. The van der Waals surface area contributed by atoms with Crippen molar-refractivity contribution in [2.45, 2.75) is 46.0 Å². The van der Waals surface area contributed by atoms with E-state index in [1.165, 1.54) is 12.8 Å². The van der Waals surface area contributed by atoms with E-state index < -0.39 is 10.0 Å². The summed E-state index contributed by atoms with van der Waals surface area (Å²) in [7, 11) is -3.30. The Morgan fingerprint density at radius 1 is 1.19 bits per heavy atom. The highest BCUT2D eigenvalue weighted by molar-refractivity contribution is 7.89. The van der Waals surface area contributed by atoms with E-state index >= 15 is 0 Å². The second-order valence-corrected chi connectivity index (χ2v) is 6.10. The standard InChI is InChI=1S/C11H25NO3S/c1-3-4-5-8-15-9-6-11(2)7-10-16(12,13)14/h11H,3-10H2,1-2H3,(H2,12,13,14). The van der Waals surface area contributed by atoms with Gasteiger partial charge in [-0.05, 0) is 25.2 Å². The van der Waals surface area contributed by atoms with Gasteiger partial charge in [-0.2, -0.15) is 0 Å². The summed E-state index contributed by atoms with van der Waals surface area (Å²) in [6.07, 6.45) is 5.05. The molecule has 0 aliphatic carbocycles. The monoisotopic (exact) mass is 251 g/mol. The van der Waals surface area contributed by atoms with Gasteiger partial charge in [0.25, 0.3) is 0 Å². The zero-order valence-corrected chi connectivity index (χ0v) is 11.3. The molecule has 0 amide bonds. The average molecular weight is 251 g/mol. The highest BCUT2D eigenvalue weighted by atomic mass is 32.2.